The van der Waals surface area contributed by atoms with E-state index in [1.807, 2.05) is 4.72 Å². The van der Waals surface area contributed by atoms with Gasteiger partial charge in [-0.05, 0) is 30.7 Å². The van der Waals surface area contributed by atoms with Crippen LogP contribution in [-0.4, -0.2) is 72.7 Å². The zero-order chi connectivity index (χ0) is 25.0. The molecule has 4 unspecified atom stereocenters. The number of nitrogens with one attached hydrogen (secondary N) is 2. The van der Waals surface area contributed by atoms with Crippen LogP contribution in [-0.2, 0) is 28.0 Å². The standard InChI is InChI=1S/C16H18B2FN3O9PS/c1-8-5-9(3-4-11(8)19)20-13(23)12-6-10(7-22(12)2)33(29)21-14(16(25,26)27)15(17,24)30-31-32(14,18)28/h3-7,21,24-28H,1-2H3,(H,20,23)/q+1. The summed E-state index contributed by atoms with van der Waals surface area (Å²) in [6, 6.07) is 5.01. The van der Waals surface area contributed by atoms with Crippen LogP contribution in [0.4, 0.5) is 10.1 Å². The largest absolute Gasteiger partial charge is 0.593 e. The summed E-state index contributed by atoms with van der Waals surface area (Å²) in [5.74, 6) is -5.23. The number of benzene rings is 1. The number of anilines is 1. The fourth-order valence-corrected chi connectivity index (χ4v) is 6.27. The molecule has 1 saturated heterocycles. The number of amides is 1. The van der Waals surface area contributed by atoms with E-state index in [0.717, 1.165) is 6.07 Å². The van der Waals surface area contributed by atoms with E-state index in [2.05, 4.69) is 14.9 Å². The Kier molecular flexibility index (Phi) is 6.78. The molecule has 17 heteroatoms. The van der Waals surface area contributed by atoms with Gasteiger partial charge < -0.3 is 34.9 Å². The number of halogens is 1. The van der Waals surface area contributed by atoms with Crippen molar-refractivity contribution in [1.82, 2.24) is 9.29 Å². The average molecular weight is 500 g/mol. The van der Waals surface area contributed by atoms with Crippen molar-refractivity contribution >= 4 is 46.0 Å². The van der Waals surface area contributed by atoms with Crippen LogP contribution >= 0.6 is 7.59 Å². The van der Waals surface area contributed by atoms with Gasteiger partial charge in [0.1, 0.15) is 11.5 Å². The van der Waals surface area contributed by atoms with Gasteiger partial charge in [-0.3, -0.25) is 4.79 Å². The molecule has 0 bridgehead atoms. The molecule has 7 N–H and O–H groups in total. The fourth-order valence-electron chi connectivity index (χ4n) is 3.09. The second-order valence-electron chi connectivity index (χ2n) is 7.28. The molecule has 2 aromatic rings. The van der Waals surface area contributed by atoms with Gasteiger partial charge in [-0.1, -0.05) is 9.40 Å². The predicted molar refractivity (Wildman–Crippen MR) is 114 cm³/mol. The van der Waals surface area contributed by atoms with E-state index in [-0.39, 0.29) is 16.3 Å². The molecule has 1 aliphatic heterocycles. The zero-order valence-electron chi connectivity index (χ0n) is 17.1. The first kappa shape index (κ1) is 26.1. The van der Waals surface area contributed by atoms with Crippen LogP contribution in [0.1, 0.15) is 16.1 Å². The van der Waals surface area contributed by atoms with E-state index >= 15 is 0 Å². The fraction of sp³-hybridized carbons (Fsp3) is 0.312. The SMILES string of the molecule is [B]C1(O)OO[P+]([B])(O)C1(N[S+]([O-])c1cc(C(=O)Nc2ccc(F)c(C)c2)n(C)c1)C(O)(O)O. The van der Waals surface area contributed by atoms with Crippen LogP contribution < -0.4 is 10.0 Å². The van der Waals surface area contributed by atoms with Gasteiger partial charge in [0, 0.05) is 18.8 Å². The number of aromatic nitrogens is 1. The first-order valence-electron chi connectivity index (χ1n) is 8.92. The topological polar surface area (TPSA) is 189 Å². The van der Waals surface area contributed by atoms with Crippen LogP contribution in [0.25, 0.3) is 0 Å². The molecule has 12 nitrogen and oxygen atoms in total. The maximum Gasteiger partial charge on any atom is 0.451 e. The molecule has 1 aromatic heterocycles. The van der Waals surface area contributed by atoms with Crippen molar-refractivity contribution in [2.45, 2.75) is 28.8 Å². The third-order valence-corrected chi connectivity index (χ3v) is 8.13. The van der Waals surface area contributed by atoms with E-state index in [9.17, 15) is 39.1 Å². The summed E-state index contributed by atoms with van der Waals surface area (Å²) in [7, 11) is 7.43. The molecular weight excluding hydrogens is 482 g/mol. The Hall–Kier alpha value is -1.55. The highest BCUT2D eigenvalue weighted by molar-refractivity contribution is 7.93. The minimum Gasteiger partial charge on any atom is -0.593 e. The van der Waals surface area contributed by atoms with E-state index < -0.39 is 47.6 Å². The van der Waals surface area contributed by atoms with Crippen LogP contribution in [0.15, 0.2) is 35.4 Å². The Morgan fingerprint density at radius 1 is 1.36 bits per heavy atom. The smallest absolute Gasteiger partial charge is 0.451 e. The molecule has 174 valence electrons. The molecule has 0 spiro atoms. The second-order valence-corrected chi connectivity index (χ2v) is 10.6. The molecule has 2 heterocycles. The minimum absolute atomic E-state index is 0.0424. The van der Waals surface area contributed by atoms with Crippen molar-refractivity contribution in [3.05, 3.63) is 47.5 Å². The van der Waals surface area contributed by atoms with Crippen molar-refractivity contribution in [2.24, 2.45) is 7.05 Å². The van der Waals surface area contributed by atoms with Crippen molar-refractivity contribution in [3.63, 3.8) is 0 Å². The van der Waals surface area contributed by atoms with Crippen LogP contribution in [0, 0.1) is 12.7 Å². The minimum atomic E-state index is -4.80. The van der Waals surface area contributed by atoms with Gasteiger partial charge in [0.25, 0.3) is 13.5 Å². The lowest BCUT2D eigenvalue weighted by Gasteiger charge is -2.40. The molecule has 0 aliphatic carbocycles. The Labute approximate surface area is 192 Å². The first-order chi connectivity index (χ1) is 15.0. The van der Waals surface area contributed by atoms with Gasteiger partial charge in [0.05, 0.1) is 17.6 Å². The number of hydrogen-bond acceptors (Lipinski definition) is 10. The number of hydrogen-bond donors (Lipinski definition) is 7. The lowest BCUT2D eigenvalue weighted by Crippen LogP contribution is -2.74. The Bertz CT molecular complexity index is 1070. The highest BCUT2D eigenvalue weighted by atomic mass is 32.2. The Morgan fingerprint density at radius 2 is 2.00 bits per heavy atom. The van der Waals surface area contributed by atoms with Gasteiger partial charge in [-0.25, -0.2) is 9.28 Å². The highest BCUT2D eigenvalue weighted by Gasteiger charge is 2.86. The average Bonchev–Trinajstić information content (AvgIpc) is 3.15. The summed E-state index contributed by atoms with van der Waals surface area (Å²) in [4.78, 5) is 26.9. The number of carbonyl (C=O) groups excluding carboxylic acids is 1. The molecule has 0 saturated carbocycles. The van der Waals surface area contributed by atoms with Crippen molar-refractivity contribution in [3.8, 4) is 0 Å². The normalized spacial score (nSPS) is 28.6. The van der Waals surface area contributed by atoms with E-state index in [1.54, 1.807) is 0 Å². The molecule has 4 radical (unpaired) electrons. The quantitative estimate of drug-likeness (QED) is 0.0798. The highest BCUT2D eigenvalue weighted by Crippen LogP contribution is 2.72. The number of rotatable bonds is 6. The van der Waals surface area contributed by atoms with Gasteiger partial charge in [-0.2, -0.15) is 4.89 Å². The summed E-state index contributed by atoms with van der Waals surface area (Å²) in [5, 5.41) is 38.7. The summed E-state index contributed by atoms with van der Waals surface area (Å²) >= 11 is -2.60. The van der Waals surface area contributed by atoms with Crippen molar-refractivity contribution < 1.29 is 48.6 Å². The van der Waals surface area contributed by atoms with Crippen molar-refractivity contribution in [2.75, 3.05) is 5.32 Å². The maximum absolute atomic E-state index is 13.4. The Morgan fingerprint density at radius 3 is 2.52 bits per heavy atom. The van der Waals surface area contributed by atoms with Crippen LogP contribution in [0.2, 0.25) is 0 Å². The second kappa shape index (κ2) is 8.59. The van der Waals surface area contributed by atoms with Crippen LogP contribution in [0.3, 0.4) is 0 Å². The van der Waals surface area contributed by atoms with Gasteiger partial charge in [-0.15, -0.1) is 0 Å². The zero-order valence-corrected chi connectivity index (χ0v) is 18.8. The summed E-state index contributed by atoms with van der Waals surface area (Å²) in [6.45, 7) is 1.51. The van der Waals surface area contributed by atoms with Crippen molar-refractivity contribution in [1.29, 1.82) is 0 Å². The molecule has 33 heavy (non-hydrogen) atoms. The third-order valence-electron chi connectivity index (χ3n) is 4.85. The molecule has 1 aromatic carbocycles. The Balaban J connectivity index is 1.89. The number of nitrogens with zero attached hydrogens (tertiary/aromatic N) is 1. The maximum atomic E-state index is 13.4. The predicted octanol–water partition coefficient (Wildman–Crippen LogP) is -1.64. The summed E-state index contributed by atoms with van der Waals surface area (Å²) in [6.07, 6.45) is 1.18. The van der Waals surface area contributed by atoms with Crippen LogP contribution in [0.5, 0.6) is 0 Å². The van der Waals surface area contributed by atoms with E-state index in [1.165, 1.54) is 42.9 Å². The lowest BCUT2D eigenvalue weighted by atomic mass is 9.85. The lowest BCUT2D eigenvalue weighted by molar-refractivity contribution is -0.386. The van der Waals surface area contributed by atoms with E-state index in [0.29, 0.717) is 5.56 Å². The molecule has 4 atom stereocenters. The van der Waals surface area contributed by atoms with Gasteiger partial charge in [0.15, 0.2) is 12.7 Å². The van der Waals surface area contributed by atoms with E-state index in [4.69, 9.17) is 15.4 Å². The number of aliphatic hydroxyl groups is 4. The van der Waals surface area contributed by atoms with Gasteiger partial charge >= 0.3 is 18.8 Å². The molecule has 3 rings (SSSR count). The monoisotopic (exact) mass is 500 g/mol. The molecule has 1 aliphatic rings. The summed E-state index contributed by atoms with van der Waals surface area (Å²) in [5.41, 5.74) is -2.83. The number of aryl methyl sites for hydroxylation is 2. The first-order valence-corrected chi connectivity index (χ1v) is 11.8. The molecule has 1 amide bonds. The molecule has 1 fully saturated rings. The third kappa shape index (κ3) is 4.45. The van der Waals surface area contributed by atoms with Gasteiger partial charge in [0.2, 0.25) is 5.69 Å². The molecular formula is C16H18B2FN3O9PS+. The summed E-state index contributed by atoms with van der Waals surface area (Å²) < 4.78 is 33.7. The number of carbonyl (C=O) groups is 1.